The maximum Gasteiger partial charge on any atom is 0.326 e. The first-order chi connectivity index (χ1) is 8.70. The average Bonchev–Trinajstić information content (AvgIpc) is 2.26. The van der Waals surface area contributed by atoms with Gasteiger partial charge in [-0.05, 0) is 23.6 Å². The Hall–Kier alpha value is -1.93. The lowest BCUT2D eigenvalue weighted by atomic mass is 10.0. The number of fused-ring (bicyclic) bond motifs is 1. The molecule has 0 fully saturated rings. The van der Waals surface area contributed by atoms with E-state index >= 15 is 0 Å². The summed E-state index contributed by atoms with van der Waals surface area (Å²) in [7, 11) is -4.54. The van der Waals surface area contributed by atoms with Gasteiger partial charge < -0.3 is 4.98 Å². The third-order valence-electron chi connectivity index (χ3n) is 2.78. The highest BCUT2D eigenvalue weighted by Gasteiger charge is 2.19. The van der Waals surface area contributed by atoms with Gasteiger partial charge in [-0.25, -0.2) is 4.79 Å². The Balaban J connectivity index is 3.08. The summed E-state index contributed by atoms with van der Waals surface area (Å²) >= 11 is 0. The molecule has 0 aliphatic carbocycles. The first-order valence-corrected chi connectivity index (χ1v) is 6.92. The van der Waals surface area contributed by atoms with E-state index in [0.29, 0.717) is 5.56 Å². The summed E-state index contributed by atoms with van der Waals surface area (Å²) in [5, 5.41) is 0.0124. The summed E-state index contributed by atoms with van der Waals surface area (Å²) in [4.78, 5) is 26.7. The fraction of sp³-hybridized carbons (Fsp3) is 0.273. The lowest BCUT2D eigenvalue weighted by molar-refractivity contribution is 0.484. The van der Waals surface area contributed by atoms with Crippen molar-refractivity contribution in [2.75, 3.05) is 0 Å². The summed E-state index contributed by atoms with van der Waals surface area (Å²) in [5.41, 5.74) is -1.16. The molecule has 0 aliphatic rings. The fourth-order valence-corrected chi connectivity index (χ4v) is 2.50. The molecule has 2 rings (SSSR count). The van der Waals surface area contributed by atoms with Gasteiger partial charge in [0.05, 0.1) is 10.9 Å². The Morgan fingerprint density at radius 2 is 1.79 bits per heavy atom. The van der Waals surface area contributed by atoms with Gasteiger partial charge in [0.1, 0.15) is 4.90 Å². The van der Waals surface area contributed by atoms with E-state index in [1.807, 2.05) is 18.8 Å². The molecule has 0 saturated heterocycles. The van der Waals surface area contributed by atoms with E-state index in [-0.39, 0.29) is 16.8 Å². The second-order valence-electron chi connectivity index (χ2n) is 4.48. The van der Waals surface area contributed by atoms with E-state index in [4.69, 9.17) is 0 Å². The summed E-state index contributed by atoms with van der Waals surface area (Å²) in [5.74, 6) is -0.0452. The second kappa shape index (κ2) is 4.32. The molecule has 1 aromatic carbocycles. The third kappa shape index (κ3) is 2.45. The molecule has 0 bridgehead atoms. The van der Waals surface area contributed by atoms with Crippen molar-refractivity contribution in [1.82, 2.24) is 9.97 Å². The van der Waals surface area contributed by atoms with Crippen molar-refractivity contribution in [2.45, 2.75) is 24.7 Å². The van der Waals surface area contributed by atoms with Crippen molar-refractivity contribution >= 4 is 21.0 Å². The Kier molecular flexibility index (Phi) is 3.07. The van der Waals surface area contributed by atoms with E-state index < -0.39 is 26.3 Å². The molecular weight excluding hydrogens is 272 g/mol. The Morgan fingerprint density at radius 3 is 2.32 bits per heavy atom. The zero-order valence-corrected chi connectivity index (χ0v) is 11.0. The number of H-pyrrole nitrogens is 2. The van der Waals surface area contributed by atoms with Crippen molar-refractivity contribution < 1.29 is 13.0 Å². The molecule has 1 aromatic heterocycles. The van der Waals surface area contributed by atoms with Crippen molar-refractivity contribution in [3.63, 3.8) is 0 Å². The van der Waals surface area contributed by atoms with Gasteiger partial charge in [0.25, 0.3) is 15.7 Å². The van der Waals surface area contributed by atoms with Crippen LogP contribution in [0.1, 0.15) is 25.3 Å². The normalized spacial score (nSPS) is 12.2. The van der Waals surface area contributed by atoms with Crippen LogP contribution < -0.4 is 11.2 Å². The fourth-order valence-electron chi connectivity index (χ4n) is 1.80. The van der Waals surface area contributed by atoms with Gasteiger partial charge in [-0.15, -0.1) is 0 Å². The average molecular weight is 284 g/mol. The number of rotatable bonds is 2. The number of hydrogen-bond acceptors (Lipinski definition) is 4. The van der Waals surface area contributed by atoms with Crippen molar-refractivity contribution in [1.29, 1.82) is 0 Å². The van der Waals surface area contributed by atoms with Gasteiger partial charge in [-0.3, -0.25) is 14.3 Å². The van der Waals surface area contributed by atoms with Crippen LogP contribution in [0.5, 0.6) is 0 Å². The first-order valence-electron chi connectivity index (χ1n) is 5.48. The van der Waals surface area contributed by atoms with Crippen molar-refractivity contribution in [3.05, 3.63) is 38.5 Å². The van der Waals surface area contributed by atoms with Crippen LogP contribution in [-0.2, 0) is 10.1 Å². The van der Waals surface area contributed by atoms with E-state index in [2.05, 4.69) is 4.98 Å². The molecule has 0 unspecified atom stereocenters. The predicted octanol–water partition coefficient (Wildman–Crippen LogP) is 0.587. The zero-order chi connectivity index (χ0) is 14.4. The molecule has 1 heterocycles. The Labute approximate surface area is 108 Å². The van der Waals surface area contributed by atoms with Crippen molar-refractivity contribution in [3.8, 4) is 0 Å². The lowest BCUT2D eigenvalue weighted by Gasteiger charge is -2.09. The standard InChI is InChI=1S/C11H12N2O5S/c1-5(2)6-3-7-9(8(4-6)19(16,17)18)12-11(15)13-10(7)14/h3-5H,1-2H3,(H,16,17,18)(H2,12,13,14,15). The summed E-state index contributed by atoms with van der Waals surface area (Å²) < 4.78 is 31.9. The van der Waals surface area contributed by atoms with Gasteiger partial charge >= 0.3 is 5.69 Å². The molecule has 0 atom stereocenters. The maximum atomic E-state index is 11.7. The second-order valence-corrected chi connectivity index (χ2v) is 5.87. The van der Waals surface area contributed by atoms with Crippen molar-refractivity contribution in [2.24, 2.45) is 0 Å². The van der Waals surface area contributed by atoms with Crippen LogP contribution in [0.2, 0.25) is 0 Å². The number of nitrogens with one attached hydrogen (secondary N) is 2. The number of hydrogen-bond donors (Lipinski definition) is 3. The summed E-state index contributed by atoms with van der Waals surface area (Å²) in [6, 6.07) is 2.74. The third-order valence-corrected chi connectivity index (χ3v) is 3.66. The highest BCUT2D eigenvalue weighted by molar-refractivity contribution is 7.86. The highest BCUT2D eigenvalue weighted by Crippen LogP contribution is 2.24. The Bertz CT molecular complexity index is 861. The molecule has 3 N–H and O–H groups in total. The van der Waals surface area contributed by atoms with Crippen LogP contribution in [0.15, 0.2) is 26.6 Å². The minimum Gasteiger partial charge on any atom is -0.305 e. The van der Waals surface area contributed by atoms with Crippen LogP contribution >= 0.6 is 0 Å². The minimum absolute atomic E-state index is 0.0124. The molecule has 7 nitrogen and oxygen atoms in total. The first kappa shape index (κ1) is 13.5. The molecule has 8 heteroatoms. The van der Waals surface area contributed by atoms with Gasteiger partial charge in [0.2, 0.25) is 0 Å². The lowest BCUT2D eigenvalue weighted by Crippen LogP contribution is -2.23. The zero-order valence-electron chi connectivity index (χ0n) is 10.2. The molecule has 0 saturated carbocycles. The van der Waals surface area contributed by atoms with Gasteiger partial charge in [0.15, 0.2) is 0 Å². The Morgan fingerprint density at radius 1 is 1.16 bits per heavy atom. The summed E-state index contributed by atoms with van der Waals surface area (Å²) in [6.45, 7) is 3.63. The maximum absolute atomic E-state index is 11.7. The van der Waals surface area contributed by atoms with E-state index in [9.17, 15) is 22.6 Å². The summed E-state index contributed by atoms with van der Waals surface area (Å²) in [6.07, 6.45) is 0. The molecule has 102 valence electrons. The number of aromatic amines is 2. The topological polar surface area (TPSA) is 120 Å². The molecule has 2 aromatic rings. The molecule has 0 amide bonds. The van der Waals surface area contributed by atoms with E-state index in [0.717, 1.165) is 0 Å². The largest absolute Gasteiger partial charge is 0.326 e. The van der Waals surface area contributed by atoms with Crippen LogP contribution in [0.4, 0.5) is 0 Å². The van der Waals surface area contributed by atoms with Gasteiger partial charge in [-0.1, -0.05) is 13.8 Å². The molecule has 0 aliphatic heterocycles. The van der Waals surface area contributed by atoms with E-state index in [1.165, 1.54) is 12.1 Å². The van der Waals surface area contributed by atoms with E-state index in [1.54, 1.807) is 0 Å². The van der Waals surface area contributed by atoms with Crippen LogP contribution in [0.3, 0.4) is 0 Å². The van der Waals surface area contributed by atoms with Crippen LogP contribution in [-0.4, -0.2) is 22.9 Å². The smallest absolute Gasteiger partial charge is 0.305 e. The van der Waals surface area contributed by atoms with Crippen LogP contribution in [0.25, 0.3) is 10.9 Å². The minimum atomic E-state index is -4.54. The van der Waals surface area contributed by atoms with Gasteiger partial charge in [-0.2, -0.15) is 8.42 Å². The monoisotopic (exact) mass is 284 g/mol. The number of benzene rings is 1. The molecule has 0 radical (unpaired) electrons. The predicted molar refractivity (Wildman–Crippen MR) is 69.1 cm³/mol. The van der Waals surface area contributed by atoms with Gasteiger partial charge in [0, 0.05) is 0 Å². The molecule has 19 heavy (non-hydrogen) atoms. The SMILES string of the molecule is CC(C)c1cc(S(=O)(=O)O)c2[nH]c(=O)[nH]c(=O)c2c1. The van der Waals surface area contributed by atoms with Crippen LogP contribution in [0, 0.1) is 0 Å². The highest BCUT2D eigenvalue weighted by atomic mass is 32.2. The number of aromatic nitrogens is 2. The molecular formula is C11H12N2O5S. The quantitative estimate of drug-likeness (QED) is 0.697. The molecule has 0 spiro atoms.